The van der Waals surface area contributed by atoms with Crippen molar-refractivity contribution in [1.29, 1.82) is 5.26 Å². The quantitative estimate of drug-likeness (QED) is 0.884. The minimum atomic E-state index is 0.242. The maximum atomic E-state index is 8.74. The van der Waals surface area contributed by atoms with Crippen LogP contribution in [0.4, 0.5) is 11.5 Å². The van der Waals surface area contributed by atoms with E-state index in [1.807, 2.05) is 12.1 Å². The number of nitriles is 1. The van der Waals surface area contributed by atoms with Gasteiger partial charge in [-0.2, -0.15) is 5.26 Å². The molecule has 0 aromatic carbocycles. The summed E-state index contributed by atoms with van der Waals surface area (Å²) in [5, 5.41) is 14.1. The molecule has 0 saturated heterocycles. The van der Waals surface area contributed by atoms with Gasteiger partial charge in [0.05, 0.1) is 11.3 Å². The first kappa shape index (κ1) is 12.4. The smallest absolute Gasteiger partial charge is 0.149 e. The van der Waals surface area contributed by atoms with Gasteiger partial charge in [0, 0.05) is 23.5 Å². The summed E-state index contributed by atoms with van der Waals surface area (Å²) in [4.78, 5) is 5.48. The molecule has 0 bridgehead atoms. The van der Waals surface area contributed by atoms with E-state index in [2.05, 4.69) is 28.7 Å². The molecule has 0 aliphatic heterocycles. The molecule has 0 aliphatic carbocycles. The fourth-order valence-electron chi connectivity index (χ4n) is 1.68. The van der Waals surface area contributed by atoms with E-state index >= 15 is 0 Å². The Bertz CT molecular complexity index is 557. The van der Waals surface area contributed by atoms with E-state index in [-0.39, 0.29) is 6.04 Å². The third-order valence-corrected chi connectivity index (χ3v) is 3.42. The lowest BCUT2D eigenvalue weighted by Gasteiger charge is -2.15. The van der Waals surface area contributed by atoms with Gasteiger partial charge >= 0.3 is 0 Å². The number of nitrogen functional groups attached to an aromatic ring is 1. The second-order valence-electron chi connectivity index (χ2n) is 4.10. The van der Waals surface area contributed by atoms with Crippen LogP contribution in [0.1, 0.15) is 17.4 Å². The van der Waals surface area contributed by atoms with Crippen molar-refractivity contribution in [3.05, 3.63) is 40.2 Å². The van der Waals surface area contributed by atoms with E-state index < -0.39 is 0 Å². The molecule has 0 amide bonds. The highest BCUT2D eigenvalue weighted by molar-refractivity contribution is 7.09. The summed E-state index contributed by atoms with van der Waals surface area (Å²) in [5.41, 5.74) is 6.83. The molecule has 5 heteroatoms. The maximum Gasteiger partial charge on any atom is 0.149 e. The minimum absolute atomic E-state index is 0.242. The number of aromatic nitrogens is 1. The molecule has 0 spiro atoms. The van der Waals surface area contributed by atoms with Crippen LogP contribution in [0.3, 0.4) is 0 Å². The molecule has 3 N–H and O–H groups in total. The standard InChI is InChI=1S/C13H14N4S/c1-9(5-11-3-2-4-18-11)17-13-12(15)6-10(7-14)8-16-13/h2-4,6,8-9H,5,15H2,1H3,(H,16,17). The van der Waals surface area contributed by atoms with Crippen molar-refractivity contribution in [2.75, 3.05) is 11.1 Å². The molecular formula is C13H14N4S. The normalized spacial score (nSPS) is 11.8. The first-order valence-corrected chi connectivity index (χ1v) is 6.51. The predicted molar refractivity (Wildman–Crippen MR) is 74.5 cm³/mol. The van der Waals surface area contributed by atoms with E-state index in [0.717, 1.165) is 6.42 Å². The molecule has 2 heterocycles. The van der Waals surface area contributed by atoms with Crippen LogP contribution in [0.2, 0.25) is 0 Å². The Kier molecular flexibility index (Phi) is 3.80. The summed E-state index contributed by atoms with van der Waals surface area (Å²) in [6.45, 7) is 2.08. The van der Waals surface area contributed by atoms with E-state index in [9.17, 15) is 0 Å². The Labute approximate surface area is 110 Å². The summed E-state index contributed by atoms with van der Waals surface area (Å²) >= 11 is 1.74. The van der Waals surface area contributed by atoms with Crippen molar-refractivity contribution in [3.63, 3.8) is 0 Å². The molecule has 1 unspecified atom stereocenters. The number of nitrogens with two attached hydrogens (primary N) is 1. The fraction of sp³-hybridized carbons (Fsp3) is 0.231. The van der Waals surface area contributed by atoms with E-state index in [1.165, 1.54) is 11.1 Å². The highest BCUT2D eigenvalue weighted by Gasteiger charge is 2.08. The lowest BCUT2D eigenvalue weighted by molar-refractivity contribution is 0.795. The first-order chi connectivity index (χ1) is 8.69. The lowest BCUT2D eigenvalue weighted by Crippen LogP contribution is -2.19. The van der Waals surface area contributed by atoms with Crippen molar-refractivity contribution >= 4 is 22.8 Å². The second-order valence-corrected chi connectivity index (χ2v) is 5.13. The van der Waals surface area contributed by atoms with Crippen LogP contribution in [0, 0.1) is 11.3 Å². The Morgan fingerprint density at radius 1 is 1.61 bits per heavy atom. The zero-order valence-corrected chi connectivity index (χ0v) is 10.9. The number of nitrogens with one attached hydrogen (secondary N) is 1. The zero-order chi connectivity index (χ0) is 13.0. The zero-order valence-electron chi connectivity index (χ0n) is 10.1. The molecule has 4 nitrogen and oxygen atoms in total. The molecule has 92 valence electrons. The summed E-state index contributed by atoms with van der Waals surface area (Å²) in [6.07, 6.45) is 2.45. The van der Waals surface area contributed by atoms with Gasteiger partial charge in [-0.3, -0.25) is 0 Å². The number of nitrogens with zero attached hydrogens (tertiary/aromatic N) is 2. The van der Waals surface area contributed by atoms with Gasteiger partial charge in [0.15, 0.2) is 0 Å². The van der Waals surface area contributed by atoms with Crippen molar-refractivity contribution < 1.29 is 0 Å². The molecule has 2 rings (SSSR count). The Balaban J connectivity index is 2.03. The van der Waals surface area contributed by atoms with Gasteiger partial charge in [0.2, 0.25) is 0 Å². The first-order valence-electron chi connectivity index (χ1n) is 5.63. The van der Waals surface area contributed by atoms with Crippen molar-refractivity contribution in [1.82, 2.24) is 4.98 Å². The molecule has 18 heavy (non-hydrogen) atoms. The predicted octanol–water partition coefficient (Wildman–Crippen LogP) is 2.64. The van der Waals surface area contributed by atoms with Crippen molar-refractivity contribution in [2.45, 2.75) is 19.4 Å². The van der Waals surface area contributed by atoms with Gasteiger partial charge in [0.1, 0.15) is 11.9 Å². The van der Waals surface area contributed by atoms with Crippen LogP contribution < -0.4 is 11.1 Å². The largest absolute Gasteiger partial charge is 0.396 e. The summed E-state index contributed by atoms with van der Waals surface area (Å²) in [7, 11) is 0. The van der Waals surface area contributed by atoms with Gasteiger partial charge in [-0.05, 0) is 24.4 Å². The van der Waals surface area contributed by atoms with Crippen LogP contribution in [0.5, 0.6) is 0 Å². The minimum Gasteiger partial charge on any atom is -0.396 e. The summed E-state index contributed by atoms with van der Waals surface area (Å²) < 4.78 is 0. The number of thiophene rings is 1. The molecule has 0 aliphatic rings. The van der Waals surface area contributed by atoms with E-state index in [4.69, 9.17) is 11.0 Å². The highest BCUT2D eigenvalue weighted by Crippen LogP contribution is 2.19. The van der Waals surface area contributed by atoms with Gasteiger partial charge in [-0.15, -0.1) is 11.3 Å². The average Bonchev–Trinajstić information content (AvgIpc) is 2.84. The number of rotatable bonds is 4. The highest BCUT2D eigenvalue weighted by atomic mass is 32.1. The van der Waals surface area contributed by atoms with Gasteiger partial charge < -0.3 is 11.1 Å². The summed E-state index contributed by atoms with van der Waals surface area (Å²) in [6, 6.07) is 8.04. The molecule has 0 radical (unpaired) electrons. The Hall–Kier alpha value is -2.06. The SMILES string of the molecule is CC(Cc1cccs1)Nc1ncc(C#N)cc1N. The van der Waals surface area contributed by atoms with Crippen LogP contribution in [0.15, 0.2) is 29.8 Å². The summed E-state index contributed by atoms with van der Waals surface area (Å²) in [5.74, 6) is 0.637. The van der Waals surface area contributed by atoms with Crippen molar-refractivity contribution in [3.8, 4) is 6.07 Å². The monoisotopic (exact) mass is 258 g/mol. The number of hydrogen-bond donors (Lipinski definition) is 2. The van der Waals surface area contributed by atoms with Gasteiger partial charge in [-0.1, -0.05) is 6.07 Å². The van der Waals surface area contributed by atoms with Crippen molar-refractivity contribution in [2.24, 2.45) is 0 Å². The molecule has 2 aromatic rings. The van der Waals surface area contributed by atoms with Crippen LogP contribution in [0.25, 0.3) is 0 Å². The second kappa shape index (κ2) is 5.52. The van der Waals surface area contributed by atoms with Crippen LogP contribution in [-0.2, 0) is 6.42 Å². The Morgan fingerprint density at radius 2 is 2.44 bits per heavy atom. The third kappa shape index (κ3) is 2.99. The fourth-order valence-corrected chi connectivity index (χ4v) is 2.51. The molecule has 0 fully saturated rings. The molecule has 2 aromatic heterocycles. The molecular weight excluding hydrogens is 244 g/mol. The maximum absolute atomic E-state index is 8.74. The van der Waals surface area contributed by atoms with Gasteiger partial charge in [0.25, 0.3) is 0 Å². The average molecular weight is 258 g/mol. The van der Waals surface area contributed by atoms with E-state index in [0.29, 0.717) is 17.1 Å². The lowest BCUT2D eigenvalue weighted by atomic mass is 10.2. The number of hydrogen-bond acceptors (Lipinski definition) is 5. The van der Waals surface area contributed by atoms with E-state index in [1.54, 1.807) is 17.4 Å². The van der Waals surface area contributed by atoms with Gasteiger partial charge in [-0.25, -0.2) is 4.98 Å². The Morgan fingerprint density at radius 3 is 3.06 bits per heavy atom. The molecule has 0 saturated carbocycles. The number of anilines is 2. The third-order valence-electron chi connectivity index (χ3n) is 2.52. The number of pyridine rings is 1. The van der Waals surface area contributed by atoms with Crippen LogP contribution in [-0.4, -0.2) is 11.0 Å². The molecule has 1 atom stereocenters. The van der Waals surface area contributed by atoms with Crippen LogP contribution >= 0.6 is 11.3 Å². The topological polar surface area (TPSA) is 74.7 Å².